The highest BCUT2D eigenvalue weighted by Gasteiger charge is 2.16. The molecule has 0 bridgehead atoms. The molecule has 7 nitrogen and oxygen atoms in total. The summed E-state index contributed by atoms with van der Waals surface area (Å²) in [7, 11) is 7.70. The van der Waals surface area contributed by atoms with E-state index in [1.807, 2.05) is 68.2 Å². The average molecular weight is 386 g/mol. The van der Waals surface area contributed by atoms with Crippen molar-refractivity contribution in [1.82, 2.24) is 0 Å². The van der Waals surface area contributed by atoms with Crippen molar-refractivity contribution in [3.05, 3.63) is 42.5 Å². The van der Waals surface area contributed by atoms with Crippen molar-refractivity contribution in [2.24, 2.45) is 17.3 Å². The highest BCUT2D eigenvalue weighted by molar-refractivity contribution is 7.21. The van der Waals surface area contributed by atoms with Crippen LogP contribution in [0.2, 0.25) is 0 Å². The molecule has 1 heterocycles. The summed E-state index contributed by atoms with van der Waals surface area (Å²) in [6, 6.07) is 14.0. The van der Waals surface area contributed by atoms with E-state index in [4.69, 9.17) is 14.6 Å². The number of fused-ring (bicyclic) bond motifs is 1. The molecule has 0 saturated carbocycles. The molecule has 0 N–H and O–H groups in total. The minimum absolute atomic E-state index is 0.839. The fourth-order valence-electron chi connectivity index (χ4n) is 2.26. The molecule has 0 saturated heterocycles. The maximum atomic E-state index is 8.89. The number of aliphatic carboxylic acids is 1. The molecule has 0 aliphatic heterocycles. The third-order valence-electron chi connectivity index (χ3n) is 3.63. The minimum atomic E-state index is -1.08. The first-order chi connectivity index (χ1) is 12.8. The van der Waals surface area contributed by atoms with Gasteiger partial charge < -0.3 is 19.5 Å². The molecule has 27 heavy (non-hydrogen) atoms. The maximum absolute atomic E-state index is 8.89. The number of carbonyl (C=O) groups excluding carboxylic acids is 1. The predicted molar refractivity (Wildman–Crippen MR) is 105 cm³/mol. The van der Waals surface area contributed by atoms with Gasteiger partial charge in [-0.1, -0.05) is 0 Å². The van der Waals surface area contributed by atoms with Gasteiger partial charge in [0, 0.05) is 31.8 Å². The second-order valence-electron chi connectivity index (χ2n) is 5.88. The van der Waals surface area contributed by atoms with Crippen LogP contribution < -0.4 is 19.3 Å². The van der Waals surface area contributed by atoms with Gasteiger partial charge in [-0.3, -0.25) is 0 Å². The number of rotatable bonds is 4. The quantitative estimate of drug-likeness (QED) is 0.510. The summed E-state index contributed by atoms with van der Waals surface area (Å²) in [5.41, 5.74) is 3.10. The second-order valence-corrected chi connectivity index (χ2v) is 6.89. The van der Waals surface area contributed by atoms with Crippen molar-refractivity contribution in [2.75, 3.05) is 26.1 Å². The summed E-state index contributed by atoms with van der Waals surface area (Å²) in [5.74, 6) is -0.234. The zero-order chi connectivity index (χ0) is 20.0. The predicted octanol–water partition coefficient (Wildman–Crippen LogP) is 2.97. The van der Waals surface area contributed by atoms with Crippen LogP contribution in [0.5, 0.6) is 5.75 Å². The van der Waals surface area contributed by atoms with Crippen LogP contribution in [0, 0.1) is 0 Å². The van der Waals surface area contributed by atoms with E-state index in [-0.39, 0.29) is 0 Å². The Bertz CT molecular complexity index is 945. The van der Waals surface area contributed by atoms with E-state index in [0.29, 0.717) is 0 Å². The number of hydrogen-bond acceptors (Lipinski definition) is 7. The molecule has 0 unspecified atom stereocenters. The standard InChI is InChI=1S/C17H19N4OS.C2H4O2/c1-20(2)13-7-5-12(6-8-13)18-19-17-21(3)15-10-9-14(22-4)11-16(15)23-17;1-2(3)4/h5-11H,1-4H3;1H3,(H,3,4)/q+1;/p-1. The smallest absolute Gasteiger partial charge is 0.409 e. The molecule has 8 heteroatoms. The van der Waals surface area contributed by atoms with Crippen molar-refractivity contribution in [3.63, 3.8) is 0 Å². The number of anilines is 1. The third kappa shape index (κ3) is 5.49. The van der Waals surface area contributed by atoms with E-state index >= 15 is 0 Å². The Hall–Kier alpha value is -3.00. The van der Waals surface area contributed by atoms with Crippen LogP contribution in [0.1, 0.15) is 6.92 Å². The van der Waals surface area contributed by atoms with Crippen LogP contribution in [0.15, 0.2) is 52.7 Å². The summed E-state index contributed by atoms with van der Waals surface area (Å²) in [6.07, 6.45) is 0. The summed E-state index contributed by atoms with van der Waals surface area (Å²) >= 11 is 1.60. The van der Waals surface area contributed by atoms with E-state index in [2.05, 4.69) is 15.1 Å². The number of aromatic nitrogens is 1. The summed E-state index contributed by atoms with van der Waals surface area (Å²) in [4.78, 5) is 10.9. The molecule has 0 atom stereocenters. The first-order valence-electron chi connectivity index (χ1n) is 8.15. The van der Waals surface area contributed by atoms with Crippen molar-refractivity contribution in [1.29, 1.82) is 0 Å². The molecular formula is C19H22N4O3S. The third-order valence-corrected chi connectivity index (χ3v) is 4.72. The van der Waals surface area contributed by atoms with E-state index < -0.39 is 5.97 Å². The summed E-state index contributed by atoms with van der Waals surface area (Å²) < 4.78 is 8.44. The molecule has 0 aliphatic rings. The van der Waals surface area contributed by atoms with Crippen molar-refractivity contribution in [2.45, 2.75) is 6.92 Å². The minimum Gasteiger partial charge on any atom is -0.550 e. The first kappa shape index (κ1) is 20.3. The lowest BCUT2D eigenvalue weighted by molar-refractivity contribution is -0.627. The molecule has 0 aliphatic carbocycles. The van der Waals surface area contributed by atoms with E-state index in [1.165, 1.54) is 0 Å². The number of carboxylic acid groups (broad SMARTS) is 1. The van der Waals surface area contributed by atoms with Crippen LogP contribution in [-0.4, -0.2) is 27.2 Å². The second kappa shape index (κ2) is 9.09. The van der Waals surface area contributed by atoms with Gasteiger partial charge in [-0.2, -0.15) is 0 Å². The van der Waals surface area contributed by atoms with Gasteiger partial charge >= 0.3 is 5.13 Å². The van der Waals surface area contributed by atoms with Gasteiger partial charge in [-0.15, -0.1) is 0 Å². The number of azo groups is 1. The number of carboxylic acids is 1. The number of thiazole rings is 1. The first-order valence-corrected chi connectivity index (χ1v) is 8.96. The lowest BCUT2D eigenvalue weighted by Crippen LogP contribution is -2.25. The van der Waals surface area contributed by atoms with Gasteiger partial charge in [0.05, 0.1) is 24.0 Å². The Kier molecular flexibility index (Phi) is 6.84. The highest BCUT2D eigenvalue weighted by Crippen LogP contribution is 2.30. The SMILES string of the molecule is CC(=O)[O-].COc1ccc2c(c1)sc(N=Nc1ccc(N(C)C)cc1)[n+]2C. The van der Waals surface area contributed by atoms with Crippen molar-refractivity contribution < 1.29 is 19.2 Å². The van der Waals surface area contributed by atoms with Gasteiger partial charge in [-0.25, -0.2) is 4.57 Å². The Morgan fingerprint density at radius 2 is 1.78 bits per heavy atom. The Morgan fingerprint density at radius 3 is 2.33 bits per heavy atom. The summed E-state index contributed by atoms with van der Waals surface area (Å²) in [5, 5.41) is 18.5. The van der Waals surface area contributed by atoms with Gasteiger partial charge in [0.2, 0.25) is 0 Å². The molecule has 1 aromatic heterocycles. The molecular weight excluding hydrogens is 364 g/mol. The zero-order valence-electron chi connectivity index (χ0n) is 16.0. The van der Waals surface area contributed by atoms with Crippen LogP contribution in [0.25, 0.3) is 10.2 Å². The lowest BCUT2D eigenvalue weighted by Gasteiger charge is -2.11. The van der Waals surface area contributed by atoms with Gasteiger partial charge in [0.1, 0.15) is 17.0 Å². The number of hydrogen-bond donors (Lipinski definition) is 0. The Labute approximate surface area is 162 Å². The Balaban J connectivity index is 0.000000596. The van der Waals surface area contributed by atoms with Gasteiger partial charge in [0.25, 0.3) is 0 Å². The molecule has 3 aromatic rings. The monoisotopic (exact) mass is 386 g/mol. The van der Waals surface area contributed by atoms with Crippen LogP contribution in [0.3, 0.4) is 0 Å². The number of carbonyl (C=O) groups is 1. The van der Waals surface area contributed by atoms with Crippen LogP contribution in [0.4, 0.5) is 16.5 Å². The van der Waals surface area contributed by atoms with E-state index in [9.17, 15) is 0 Å². The number of benzene rings is 2. The fraction of sp³-hybridized carbons (Fsp3) is 0.263. The van der Waals surface area contributed by atoms with Crippen molar-refractivity contribution in [3.8, 4) is 5.75 Å². The number of ether oxygens (including phenoxy) is 1. The molecule has 0 spiro atoms. The zero-order valence-corrected chi connectivity index (χ0v) is 16.8. The molecule has 0 radical (unpaired) electrons. The number of aryl methyl sites for hydroxylation is 1. The average Bonchev–Trinajstić information content (AvgIpc) is 2.95. The highest BCUT2D eigenvalue weighted by atomic mass is 32.1. The van der Waals surface area contributed by atoms with Crippen molar-refractivity contribution >= 4 is 44.0 Å². The van der Waals surface area contributed by atoms with E-state index in [1.54, 1.807) is 18.4 Å². The largest absolute Gasteiger partial charge is 0.550 e. The van der Waals surface area contributed by atoms with Gasteiger partial charge in [-0.05, 0) is 59.8 Å². The molecule has 2 aromatic carbocycles. The van der Waals surface area contributed by atoms with Crippen LogP contribution >= 0.6 is 11.3 Å². The maximum Gasteiger partial charge on any atom is 0.409 e. The Morgan fingerprint density at radius 1 is 1.15 bits per heavy atom. The van der Waals surface area contributed by atoms with Crippen LogP contribution in [-0.2, 0) is 11.8 Å². The number of nitrogens with zero attached hydrogens (tertiary/aromatic N) is 4. The van der Waals surface area contributed by atoms with E-state index in [0.717, 1.165) is 39.4 Å². The normalized spacial score (nSPS) is 10.6. The summed E-state index contributed by atoms with van der Waals surface area (Å²) in [6.45, 7) is 0.972. The fourth-order valence-corrected chi connectivity index (χ4v) is 3.25. The molecule has 3 rings (SSSR count). The van der Waals surface area contributed by atoms with Gasteiger partial charge in [0.15, 0.2) is 0 Å². The molecule has 0 amide bonds. The molecule has 142 valence electrons. The number of methoxy groups -OCH3 is 1. The lowest BCUT2D eigenvalue weighted by atomic mass is 10.3. The molecule has 0 fully saturated rings. The topological polar surface area (TPSA) is 81.2 Å².